The van der Waals surface area contributed by atoms with Crippen molar-refractivity contribution in [2.75, 3.05) is 0 Å². The second-order valence-corrected chi connectivity index (χ2v) is 4.46. The van der Waals surface area contributed by atoms with Gasteiger partial charge in [0, 0.05) is 12.1 Å². The Morgan fingerprint density at radius 1 is 1.25 bits per heavy atom. The topological polar surface area (TPSA) is 56.4 Å². The van der Waals surface area contributed by atoms with Crippen molar-refractivity contribution in [2.45, 2.75) is 26.3 Å². The van der Waals surface area contributed by atoms with Gasteiger partial charge in [-0.15, -0.1) is 0 Å². The smallest absolute Gasteiger partial charge is 0.248 e. The number of hydrogen-bond acceptors (Lipinski definition) is 3. The summed E-state index contributed by atoms with van der Waals surface area (Å²) in [4.78, 5) is 5.70. The van der Waals surface area contributed by atoms with Crippen LogP contribution in [0, 0.1) is 0 Å². The fraction of sp³-hybridized carbons (Fsp3) is 0.364. The third kappa shape index (κ3) is 2.56. The van der Waals surface area contributed by atoms with E-state index in [1.807, 2.05) is 51.1 Å². The van der Waals surface area contributed by atoms with Crippen LogP contribution in [0.1, 0.15) is 20.8 Å². The van der Waals surface area contributed by atoms with Gasteiger partial charge in [-0.05, 0) is 10.3 Å². The molecule has 0 N–H and O–H groups in total. The first-order valence-electron chi connectivity index (χ1n) is 5.09. The van der Waals surface area contributed by atoms with E-state index in [2.05, 4.69) is 15.4 Å². The predicted octanol–water partition coefficient (Wildman–Crippen LogP) is 0.608. The maximum Gasteiger partial charge on any atom is 0.248 e. The van der Waals surface area contributed by atoms with Crippen molar-refractivity contribution in [2.24, 2.45) is 4.99 Å². The first-order chi connectivity index (χ1) is 7.54. The summed E-state index contributed by atoms with van der Waals surface area (Å²) >= 11 is 0. The highest BCUT2D eigenvalue weighted by atomic mass is 16.5. The minimum absolute atomic E-state index is 0.221. The average Bonchev–Trinajstić information content (AvgIpc) is 2.65. The summed E-state index contributed by atoms with van der Waals surface area (Å²) in [6.45, 7) is 5.93. The Kier molecular flexibility index (Phi) is 2.60. The Morgan fingerprint density at radius 3 is 2.56 bits per heavy atom. The molecule has 0 aliphatic carbocycles. The van der Waals surface area contributed by atoms with Gasteiger partial charge in [-0.25, -0.2) is 0 Å². The van der Waals surface area contributed by atoms with Crippen molar-refractivity contribution in [3.63, 3.8) is 0 Å². The second-order valence-electron chi connectivity index (χ2n) is 4.46. The van der Waals surface area contributed by atoms with E-state index >= 15 is 0 Å². The molecule has 1 aromatic carbocycles. The van der Waals surface area contributed by atoms with E-state index in [0.29, 0.717) is 0 Å². The molecule has 16 heavy (non-hydrogen) atoms. The van der Waals surface area contributed by atoms with Crippen LogP contribution in [0.4, 0.5) is 0 Å². The first kappa shape index (κ1) is 10.6. The van der Waals surface area contributed by atoms with Gasteiger partial charge in [0.1, 0.15) is 0 Å². The van der Waals surface area contributed by atoms with Gasteiger partial charge in [0.15, 0.2) is 0 Å². The van der Waals surface area contributed by atoms with E-state index < -0.39 is 0 Å². The molecule has 0 atom stereocenters. The molecule has 0 fully saturated rings. The Labute approximate surface area is 93.4 Å². The molecule has 0 aliphatic heterocycles. The summed E-state index contributed by atoms with van der Waals surface area (Å²) in [5, 5.41) is 7.95. The van der Waals surface area contributed by atoms with E-state index in [4.69, 9.17) is 4.52 Å². The Hall–Kier alpha value is -1.91. The van der Waals surface area contributed by atoms with Crippen molar-refractivity contribution in [3.8, 4) is 5.69 Å². The van der Waals surface area contributed by atoms with Crippen LogP contribution in [0.2, 0.25) is 0 Å². The largest absolute Gasteiger partial charge is 0.361 e. The minimum atomic E-state index is -0.221. The maximum absolute atomic E-state index is 5.03. The molecule has 0 bridgehead atoms. The Balaban J connectivity index is 2.38. The Bertz CT molecular complexity index is 519. The van der Waals surface area contributed by atoms with Crippen molar-refractivity contribution >= 4 is 0 Å². The van der Waals surface area contributed by atoms with Crippen molar-refractivity contribution in [1.29, 1.82) is 0 Å². The van der Waals surface area contributed by atoms with Crippen LogP contribution in [0.15, 0.2) is 39.8 Å². The highest BCUT2D eigenvalue weighted by Crippen LogP contribution is 2.03. The molecule has 1 aromatic heterocycles. The van der Waals surface area contributed by atoms with Crippen molar-refractivity contribution in [3.05, 3.63) is 36.0 Å². The zero-order chi connectivity index (χ0) is 11.6. The molecule has 5 heteroatoms. The van der Waals surface area contributed by atoms with Gasteiger partial charge in [0.2, 0.25) is 11.4 Å². The molecule has 0 spiro atoms. The van der Waals surface area contributed by atoms with Gasteiger partial charge in [-0.3, -0.25) is 0 Å². The summed E-state index contributed by atoms with van der Waals surface area (Å²) < 4.78 is 5.03. The summed E-state index contributed by atoms with van der Waals surface area (Å²) in [6, 6.07) is 9.57. The molecular weight excluding hydrogens is 204 g/mol. The molecule has 0 radical (unpaired) electrons. The van der Waals surface area contributed by atoms with Gasteiger partial charge >= 0.3 is 0 Å². The van der Waals surface area contributed by atoms with Crippen LogP contribution in [-0.2, 0) is 0 Å². The van der Waals surface area contributed by atoms with Gasteiger partial charge in [-0.2, -0.15) is 0 Å². The van der Waals surface area contributed by atoms with Crippen LogP contribution in [0.25, 0.3) is 5.69 Å². The lowest BCUT2D eigenvalue weighted by atomic mass is 10.1. The Morgan fingerprint density at radius 2 is 1.94 bits per heavy atom. The van der Waals surface area contributed by atoms with E-state index in [1.54, 1.807) is 0 Å². The van der Waals surface area contributed by atoms with E-state index in [-0.39, 0.29) is 11.2 Å². The second kappa shape index (κ2) is 3.92. The fourth-order valence-electron chi connectivity index (χ4n) is 1.19. The van der Waals surface area contributed by atoms with Crippen LogP contribution in [-0.4, -0.2) is 10.8 Å². The lowest BCUT2D eigenvalue weighted by Gasteiger charge is -2.13. The molecule has 2 rings (SSSR count). The maximum atomic E-state index is 5.03. The molecule has 2 aromatic rings. The van der Waals surface area contributed by atoms with Gasteiger partial charge in [0.05, 0.1) is 5.27 Å². The average molecular weight is 218 g/mol. The zero-order valence-electron chi connectivity index (χ0n) is 9.58. The number of rotatable bonds is 1. The zero-order valence-corrected chi connectivity index (χ0v) is 9.58. The summed E-state index contributed by atoms with van der Waals surface area (Å²) in [6.07, 6.45) is 0. The van der Waals surface area contributed by atoms with E-state index in [0.717, 1.165) is 5.69 Å². The number of nitrogens with zero attached hydrogens (tertiary/aromatic N) is 4. The molecule has 0 unspecified atom stereocenters. The quantitative estimate of drug-likeness (QED) is 0.659. The molecule has 0 saturated heterocycles. The number of benzene rings is 1. The minimum Gasteiger partial charge on any atom is -0.361 e. The van der Waals surface area contributed by atoms with Gasteiger partial charge in [-0.1, -0.05) is 44.1 Å². The van der Waals surface area contributed by atoms with Crippen molar-refractivity contribution in [1.82, 2.24) is 10.4 Å². The lowest BCUT2D eigenvalue weighted by Crippen LogP contribution is -2.40. The molecule has 0 amide bonds. The molecule has 0 saturated carbocycles. The SMILES string of the molecule is CC(C)(C)N=c1[n-][n+](-c2ccccc2)no1. The molecule has 0 aliphatic rings. The number of para-hydroxylation sites is 1. The normalized spacial score (nSPS) is 13.1. The molecule has 1 heterocycles. The van der Waals surface area contributed by atoms with Crippen LogP contribution in [0.3, 0.4) is 0 Å². The fourth-order valence-corrected chi connectivity index (χ4v) is 1.19. The summed E-state index contributed by atoms with van der Waals surface area (Å²) in [5.74, 6) is 0. The lowest BCUT2D eigenvalue weighted by molar-refractivity contribution is -0.730. The standard InChI is InChI=1S/C11H14N4O/c1-11(2,3)12-10-13-15(14-16-10)9-7-5-4-6-8-9/h4-8H,1-3H3. The van der Waals surface area contributed by atoms with Crippen LogP contribution < -0.4 is 15.6 Å². The van der Waals surface area contributed by atoms with Gasteiger partial charge < -0.3 is 9.52 Å². The highest BCUT2D eigenvalue weighted by Gasteiger charge is 2.07. The highest BCUT2D eigenvalue weighted by molar-refractivity contribution is 5.19. The van der Waals surface area contributed by atoms with Gasteiger partial charge in [0.25, 0.3) is 0 Å². The third-order valence-corrected chi connectivity index (χ3v) is 1.80. The monoisotopic (exact) mass is 218 g/mol. The molecule has 5 nitrogen and oxygen atoms in total. The first-order valence-corrected chi connectivity index (χ1v) is 5.09. The summed E-state index contributed by atoms with van der Waals surface area (Å²) in [5.41, 5.74) is 0.916. The predicted molar refractivity (Wildman–Crippen MR) is 56.7 cm³/mol. The summed E-state index contributed by atoms with van der Waals surface area (Å²) in [7, 11) is 0. The van der Waals surface area contributed by atoms with E-state index in [1.165, 1.54) is 4.80 Å². The number of aromatic nitrogens is 3. The third-order valence-electron chi connectivity index (χ3n) is 1.80. The molecule has 84 valence electrons. The van der Waals surface area contributed by atoms with Crippen molar-refractivity contribution < 1.29 is 9.32 Å². The number of hydrogen-bond donors (Lipinski definition) is 0. The van der Waals surface area contributed by atoms with Crippen LogP contribution >= 0.6 is 0 Å². The molecular formula is C11H14N4O. The van der Waals surface area contributed by atoms with Crippen LogP contribution in [0.5, 0.6) is 0 Å². The van der Waals surface area contributed by atoms with E-state index in [9.17, 15) is 0 Å².